The highest BCUT2D eigenvalue weighted by molar-refractivity contribution is 5.94. The van der Waals surface area contributed by atoms with Crippen LogP contribution in [0.5, 0.6) is 0 Å². The van der Waals surface area contributed by atoms with E-state index in [-0.39, 0.29) is 17.8 Å². The third-order valence-corrected chi connectivity index (χ3v) is 2.71. The van der Waals surface area contributed by atoms with Crippen LogP contribution in [0.15, 0.2) is 12.2 Å². The SMILES string of the molecule is CCC12C=CC(=O)C(O1)C(C)CO2. The fourth-order valence-corrected chi connectivity index (χ4v) is 1.76. The van der Waals surface area contributed by atoms with Gasteiger partial charge in [-0.1, -0.05) is 13.8 Å². The van der Waals surface area contributed by atoms with Crippen molar-refractivity contribution >= 4 is 5.78 Å². The highest BCUT2D eigenvalue weighted by Gasteiger charge is 2.43. The number of fused-ring (bicyclic) bond motifs is 2. The van der Waals surface area contributed by atoms with Gasteiger partial charge in [0.25, 0.3) is 0 Å². The molecule has 2 bridgehead atoms. The lowest BCUT2D eigenvalue weighted by atomic mass is 9.94. The summed E-state index contributed by atoms with van der Waals surface area (Å²) < 4.78 is 11.2. The van der Waals surface area contributed by atoms with E-state index in [9.17, 15) is 4.79 Å². The monoisotopic (exact) mass is 182 g/mol. The molecule has 3 atom stereocenters. The first-order valence-electron chi connectivity index (χ1n) is 4.72. The van der Waals surface area contributed by atoms with Crippen LogP contribution in [0.4, 0.5) is 0 Å². The van der Waals surface area contributed by atoms with E-state index in [2.05, 4.69) is 0 Å². The van der Waals surface area contributed by atoms with Gasteiger partial charge in [-0.3, -0.25) is 4.79 Å². The maximum Gasteiger partial charge on any atom is 0.188 e. The number of hydrogen-bond donors (Lipinski definition) is 0. The van der Waals surface area contributed by atoms with E-state index in [1.807, 2.05) is 13.8 Å². The van der Waals surface area contributed by atoms with Crippen LogP contribution in [0.2, 0.25) is 0 Å². The first kappa shape index (κ1) is 8.91. The molecule has 3 heteroatoms. The van der Waals surface area contributed by atoms with Crippen molar-refractivity contribution in [1.82, 2.24) is 0 Å². The zero-order chi connectivity index (χ0) is 9.47. The van der Waals surface area contributed by atoms with Gasteiger partial charge in [-0.15, -0.1) is 0 Å². The van der Waals surface area contributed by atoms with Crippen LogP contribution in [0.1, 0.15) is 20.3 Å². The Morgan fingerprint density at radius 3 is 3.15 bits per heavy atom. The summed E-state index contributed by atoms with van der Waals surface area (Å²) in [5.74, 6) is -0.387. The van der Waals surface area contributed by atoms with E-state index < -0.39 is 5.79 Å². The average molecular weight is 182 g/mol. The molecule has 0 spiro atoms. The van der Waals surface area contributed by atoms with Crippen LogP contribution in [0.3, 0.4) is 0 Å². The first-order valence-corrected chi connectivity index (χ1v) is 4.72. The van der Waals surface area contributed by atoms with E-state index >= 15 is 0 Å². The predicted octanol–water partition coefficient (Wildman–Crippen LogP) is 1.28. The maximum atomic E-state index is 11.4. The molecule has 3 unspecified atom stereocenters. The molecule has 1 fully saturated rings. The Morgan fingerprint density at radius 2 is 2.46 bits per heavy atom. The second-order valence-corrected chi connectivity index (χ2v) is 3.73. The maximum absolute atomic E-state index is 11.4. The van der Waals surface area contributed by atoms with Crippen molar-refractivity contribution in [3.8, 4) is 0 Å². The van der Waals surface area contributed by atoms with Crippen LogP contribution in [-0.4, -0.2) is 24.3 Å². The Labute approximate surface area is 77.7 Å². The van der Waals surface area contributed by atoms with Crippen molar-refractivity contribution in [2.75, 3.05) is 6.61 Å². The average Bonchev–Trinajstić information content (AvgIpc) is 2.17. The molecule has 13 heavy (non-hydrogen) atoms. The zero-order valence-electron chi connectivity index (χ0n) is 7.95. The molecule has 0 aromatic rings. The quantitative estimate of drug-likeness (QED) is 0.613. The Hall–Kier alpha value is -0.670. The van der Waals surface area contributed by atoms with Gasteiger partial charge in [-0.25, -0.2) is 0 Å². The van der Waals surface area contributed by atoms with Gasteiger partial charge in [0.15, 0.2) is 11.6 Å². The van der Waals surface area contributed by atoms with Crippen molar-refractivity contribution in [3.63, 3.8) is 0 Å². The van der Waals surface area contributed by atoms with Gasteiger partial charge in [-0.2, -0.15) is 0 Å². The minimum absolute atomic E-state index is 0.0693. The lowest BCUT2D eigenvalue weighted by Gasteiger charge is -2.43. The molecule has 2 aliphatic rings. The molecule has 0 radical (unpaired) electrons. The summed E-state index contributed by atoms with van der Waals surface area (Å²) in [5, 5.41) is 0. The van der Waals surface area contributed by atoms with Crippen LogP contribution < -0.4 is 0 Å². The lowest BCUT2D eigenvalue weighted by molar-refractivity contribution is -0.280. The van der Waals surface area contributed by atoms with Crippen LogP contribution in [0, 0.1) is 5.92 Å². The summed E-state index contributed by atoms with van der Waals surface area (Å²) >= 11 is 0. The van der Waals surface area contributed by atoms with E-state index in [1.54, 1.807) is 12.2 Å². The first-order chi connectivity index (χ1) is 6.17. The molecule has 0 amide bonds. The third-order valence-electron chi connectivity index (χ3n) is 2.71. The van der Waals surface area contributed by atoms with E-state index in [0.29, 0.717) is 6.61 Å². The molecule has 72 valence electrons. The highest BCUT2D eigenvalue weighted by Crippen LogP contribution is 2.34. The molecule has 2 rings (SSSR count). The summed E-state index contributed by atoms with van der Waals surface area (Å²) in [5.41, 5.74) is 0. The Bertz CT molecular complexity index is 259. The smallest absolute Gasteiger partial charge is 0.188 e. The number of rotatable bonds is 1. The molecule has 0 aromatic carbocycles. The van der Waals surface area contributed by atoms with Gasteiger partial charge in [0.1, 0.15) is 6.10 Å². The van der Waals surface area contributed by atoms with Crippen molar-refractivity contribution in [1.29, 1.82) is 0 Å². The fourth-order valence-electron chi connectivity index (χ4n) is 1.76. The molecule has 2 heterocycles. The standard InChI is InChI=1S/C10H14O3/c1-3-10-5-4-8(11)9(13-10)7(2)6-12-10/h4-5,7,9H,3,6H2,1-2H3. The van der Waals surface area contributed by atoms with Gasteiger partial charge in [0.05, 0.1) is 6.61 Å². The van der Waals surface area contributed by atoms with Gasteiger partial charge >= 0.3 is 0 Å². The Balaban J connectivity index is 2.29. The van der Waals surface area contributed by atoms with Gasteiger partial charge in [0, 0.05) is 12.3 Å². The summed E-state index contributed by atoms with van der Waals surface area (Å²) in [6.45, 7) is 4.57. The van der Waals surface area contributed by atoms with Crippen molar-refractivity contribution in [2.24, 2.45) is 5.92 Å². The summed E-state index contributed by atoms with van der Waals surface area (Å²) in [7, 11) is 0. The van der Waals surface area contributed by atoms with E-state index in [1.165, 1.54) is 0 Å². The van der Waals surface area contributed by atoms with Gasteiger partial charge in [-0.05, 0) is 12.2 Å². The number of carbonyl (C=O) groups is 1. The number of hydrogen-bond acceptors (Lipinski definition) is 3. The largest absolute Gasteiger partial charge is 0.346 e. The molecule has 0 saturated carbocycles. The van der Waals surface area contributed by atoms with Gasteiger partial charge < -0.3 is 9.47 Å². The minimum Gasteiger partial charge on any atom is -0.346 e. The van der Waals surface area contributed by atoms with Gasteiger partial charge in [0.2, 0.25) is 0 Å². The van der Waals surface area contributed by atoms with Crippen LogP contribution in [0.25, 0.3) is 0 Å². The minimum atomic E-state index is -0.620. The van der Waals surface area contributed by atoms with E-state index in [0.717, 1.165) is 6.42 Å². The second kappa shape index (κ2) is 2.93. The van der Waals surface area contributed by atoms with Crippen molar-refractivity contribution in [2.45, 2.75) is 32.2 Å². The molecule has 3 nitrogen and oxygen atoms in total. The normalized spacial score (nSPS) is 43.7. The topological polar surface area (TPSA) is 35.5 Å². The molecule has 2 aliphatic heterocycles. The summed E-state index contributed by atoms with van der Waals surface area (Å²) in [6, 6.07) is 0. The van der Waals surface area contributed by atoms with Crippen molar-refractivity contribution in [3.05, 3.63) is 12.2 Å². The van der Waals surface area contributed by atoms with E-state index in [4.69, 9.17) is 9.47 Å². The predicted molar refractivity (Wildman–Crippen MR) is 47.2 cm³/mol. The molecular weight excluding hydrogens is 168 g/mol. The van der Waals surface area contributed by atoms with Crippen molar-refractivity contribution < 1.29 is 14.3 Å². The highest BCUT2D eigenvalue weighted by atomic mass is 16.7. The lowest BCUT2D eigenvalue weighted by Crippen LogP contribution is -2.52. The summed E-state index contributed by atoms with van der Waals surface area (Å²) in [6.07, 6.45) is 3.78. The molecule has 0 aromatic heterocycles. The number of carbonyl (C=O) groups excluding carboxylic acids is 1. The zero-order valence-corrected chi connectivity index (χ0v) is 7.95. The Kier molecular flexibility index (Phi) is 2.00. The number of ketones is 1. The summed E-state index contributed by atoms with van der Waals surface area (Å²) in [4.78, 5) is 11.4. The van der Waals surface area contributed by atoms with Crippen LogP contribution in [-0.2, 0) is 14.3 Å². The molecule has 0 N–H and O–H groups in total. The Morgan fingerprint density at radius 1 is 1.69 bits per heavy atom. The molecule has 0 aliphatic carbocycles. The third kappa shape index (κ3) is 1.32. The van der Waals surface area contributed by atoms with Crippen LogP contribution >= 0.6 is 0 Å². The molecule has 1 saturated heterocycles. The second-order valence-electron chi connectivity index (χ2n) is 3.73. The molecular formula is C10H14O3. The fraction of sp³-hybridized carbons (Fsp3) is 0.700. The number of ether oxygens (including phenoxy) is 2.